The van der Waals surface area contributed by atoms with E-state index < -0.39 is 5.91 Å². The Bertz CT molecular complexity index is 606. The maximum Gasteiger partial charge on any atom is 0.279 e. The number of nitrogens with two attached hydrogens (primary N) is 1. The zero-order chi connectivity index (χ0) is 13.8. The first-order valence-electron chi connectivity index (χ1n) is 5.21. The van der Waals surface area contributed by atoms with Crippen molar-refractivity contribution in [2.45, 2.75) is 6.61 Å². The normalized spacial score (nSPS) is 10.4. The largest absolute Gasteiger partial charge is 0.389 e. The number of H-pyrrole nitrogens is 1. The van der Waals surface area contributed by atoms with Crippen LogP contribution in [0.2, 0.25) is 0 Å². The Morgan fingerprint density at radius 2 is 2.47 bits per heavy atom. The van der Waals surface area contributed by atoms with Gasteiger partial charge >= 0.3 is 0 Å². The van der Waals surface area contributed by atoms with Gasteiger partial charge in [0.05, 0.1) is 11.8 Å². The molecule has 9 heteroatoms. The molecule has 1 amide bonds. The summed E-state index contributed by atoms with van der Waals surface area (Å²) in [6.45, 7) is 0.239. The van der Waals surface area contributed by atoms with Crippen molar-refractivity contribution in [1.29, 1.82) is 0 Å². The first kappa shape index (κ1) is 13.2. The van der Waals surface area contributed by atoms with Crippen molar-refractivity contribution in [1.82, 2.24) is 15.4 Å². The molecule has 2 rings (SSSR count). The number of carbonyl (C=O) groups is 1. The minimum absolute atomic E-state index is 0.121. The molecule has 2 aromatic heterocycles. The Balaban J connectivity index is 2.11. The molecule has 0 unspecified atom stereocenters. The van der Waals surface area contributed by atoms with Crippen LogP contribution in [0.25, 0.3) is 0 Å². The summed E-state index contributed by atoms with van der Waals surface area (Å²) in [5, 5.41) is 12.5. The minimum atomic E-state index is -0.465. The van der Waals surface area contributed by atoms with Crippen LogP contribution in [0.3, 0.4) is 0 Å². The Labute approximate surface area is 113 Å². The average Bonchev–Trinajstić information content (AvgIpc) is 2.98. The highest BCUT2D eigenvalue weighted by Gasteiger charge is 2.16. The summed E-state index contributed by atoms with van der Waals surface area (Å²) in [6.07, 6.45) is 1.43. The van der Waals surface area contributed by atoms with E-state index in [4.69, 9.17) is 27.2 Å². The highest BCUT2D eigenvalue weighted by atomic mass is 32.1. The van der Waals surface area contributed by atoms with Crippen molar-refractivity contribution in [3.8, 4) is 0 Å². The van der Waals surface area contributed by atoms with Gasteiger partial charge in [-0.3, -0.25) is 9.89 Å². The molecule has 0 fully saturated rings. The second-order valence-corrected chi connectivity index (χ2v) is 4.03. The van der Waals surface area contributed by atoms with Gasteiger partial charge in [0.25, 0.3) is 5.91 Å². The third-order valence-corrected chi connectivity index (χ3v) is 2.44. The fraction of sp³-hybridized carbons (Fsp3) is 0.200. The molecule has 0 saturated carbocycles. The van der Waals surface area contributed by atoms with Gasteiger partial charge in [0, 0.05) is 13.2 Å². The van der Waals surface area contributed by atoms with Crippen LogP contribution in [0.15, 0.2) is 16.8 Å². The fourth-order valence-electron chi connectivity index (χ4n) is 1.38. The SMILES string of the molecule is COCc1cc(C(=O)Nc2[nH]ncc2C(N)=S)no1. The molecule has 100 valence electrons. The molecule has 4 N–H and O–H groups in total. The van der Waals surface area contributed by atoms with E-state index in [-0.39, 0.29) is 17.3 Å². The van der Waals surface area contributed by atoms with Crippen molar-refractivity contribution in [2.75, 3.05) is 12.4 Å². The van der Waals surface area contributed by atoms with E-state index in [2.05, 4.69) is 20.7 Å². The van der Waals surface area contributed by atoms with Crippen LogP contribution in [-0.2, 0) is 11.3 Å². The summed E-state index contributed by atoms with van der Waals surface area (Å²) in [5.74, 6) is 0.300. The summed E-state index contributed by atoms with van der Waals surface area (Å²) in [4.78, 5) is 12.0. The van der Waals surface area contributed by atoms with Gasteiger partial charge in [0.1, 0.15) is 17.4 Å². The first-order valence-corrected chi connectivity index (χ1v) is 5.61. The molecule has 8 nitrogen and oxygen atoms in total. The molecule has 0 spiro atoms. The smallest absolute Gasteiger partial charge is 0.279 e. The average molecular weight is 281 g/mol. The lowest BCUT2D eigenvalue weighted by molar-refractivity contribution is 0.101. The lowest BCUT2D eigenvalue weighted by Crippen LogP contribution is -2.17. The van der Waals surface area contributed by atoms with Gasteiger partial charge in [0.2, 0.25) is 0 Å². The summed E-state index contributed by atoms with van der Waals surface area (Å²) >= 11 is 4.83. The molecule has 2 aromatic rings. The minimum Gasteiger partial charge on any atom is -0.389 e. The van der Waals surface area contributed by atoms with E-state index in [0.29, 0.717) is 17.1 Å². The molecule has 0 bridgehead atoms. The highest BCUT2D eigenvalue weighted by molar-refractivity contribution is 7.80. The van der Waals surface area contributed by atoms with Crippen molar-refractivity contribution < 1.29 is 14.1 Å². The summed E-state index contributed by atoms with van der Waals surface area (Å²) in [7, 11) is 1.52. The van der Waals surface area contributed by atoms with Gasteiger partial charge in [-0.1, -0.05) is 17.4 Å². The Kier molecular flexibility index (Phi) is 3.88. The molecular formula is C10H11N5O3S. The van der Waals surface area contributed by atoms with Gasteiger partial charge < -0.3 is 20.3 Å². The van der Waals surface area contributed by atoms with Crippen LogP contribution in [0, 0.1) is 0 Å². The van der Waals surface area contributed by atoms with Gasteiger partial charge in [0.15, 0.2) is 11.5 Å². The lowest BCUT2D eigenvalue weighted by Gasteiger charge is -2.01. The molecule has 19 heavy (non-hydrogen) atoms. The topological polar surface area (TPSA) is 119 Å². The number of hydrogen-bond donors (Lipinski definition) is 3. The molecule has 0 saturated heterocycles. The molecule has 0 radical (unpaired) electrons. The van der Waals surface area contributed by atoms with Crippen LogP contribution in [0.5, 0.6) is 0 Å². The van der Waals surface area contributed by atoms with Crippen molar-refractivity contribution >= 4 is 28.9 Å². The summed E-state index contributed by atoms with van der Waals surface area (Å²) in [5.41, 5.74) is 6.06. The molecule has 0 aliphatic rings. The van der Waals surface area contributed by atoms with E-state index >= 15 is 0 Å². The van der Waals surface area contributed by atoms with E-state index in [9.17, 15) is 4.79 Å². The van der Waals surface area contributed by atoms with Crippen LogP contribution < -0.4 is 11.1 Å². The number of ether oxygens (including phenoxy) is 1. The van der Waals surface area contributed by atoms with Crippen LogP contribution in [-0.4, -0.2) is 33.4 Å². The van der Waals surface area contributed by atoms with E-state index in [1.165, 1.54) is 19.4 Å². The molecule has 0 aliphatic heterocycles. The van der Waals surface area contributed by atoms with Gasteiger partial charge in [-0.05, 0) is 0 Å². The van der Waals surface area contributed by atoms with Crippen molar-refractivity contribution in [2.24, 2.45) is 5.73 Å². The molecule has 2 heterocycles. The molecular weight excluding hydrogens is 270 g/mol. The quantitative estimate of drug-likeness (QED) is 0.680. The van der Waals surface area contributed by atoms with Gasteiger partial charge in [-0.15, -0.1) is 0 Å². The van der Waals surface area contributed by atoms with Gasteiger partial charge in [-0.25, -0.2) is 0 Å². The van der Waals surface area contributed by atoms with Crippen LogP contribution in [0.1, 0.15) is 21.8 Å². The number of rotatable bonds is 5. The Morgan fingerprint density at radius 1 is 1.68 bits per heavy atom. The Hall–Kier alpha value is -2.26. The van der Waals surface area contributed by atoms with Crippen LogP contribution >= 0.6 is 12.2 Å². The molecule has 0 atom stereocenters. The summed E-state index contributed by atoms with van der Waals surface area (Å²) < 4.78 is 9.77. The number of nitrogens with zero attached hydrogens (tertiary/aromatic N) is 2. The number of nitrogens with one attached hydrogen (secondary N) is 2. The van der Waals surface area contributed by atoms with E-state index in [1.54, 1.807) is 0 Å². The number of hydrogen-bond acceptors (Lipinski definition) is 6. The lowest BCUT2D eigenvalue weighted by atomic mass is 10.3. The Morgan fingerprint density at radius 3 is 3.16 bits per heavy atom. The van der Waals surface area contributed by atoms with Crippen molar-refractivity contribution in [3.05, 3.63) is 29.3 Å². The van der Waals surface area contributed by atoms with Gasteiger partial charge in [-0.2, -0.15) is 5.10 Å². The monoisotopic (exact) mass is 281 g/mol. The predicted octanol–water partition coefficient (Wildman–Crippen LogP) is 0.431. The van der Waals surface area contributed by atoms with E-state index in [1.807, 2.05) is 0 Å². The van der Waals surface area contributed by atoms with E-state index in [0.717, 1.165) is 0 Å². The summed E-state index contributed by atoms with van der Waals surface area (Å²) in [6, 6.07) is 1.48. The number of amides is 1. The zero-order valence-electron chi connectivity index (χ0n) is 9.97. The number of carbonyl (C=O) groups excluding carboxylic acids is 1. The maximum absolute atomic E-state index is 11.9. The zero-order valence-corrected chi connectivity index (χ0v) is 10.8. The highest BCUT2D eigenvalue weighted by Crippen LogP contribution is 2.13. The number of methoxy groups -OCH3 is 1. The molecule has 0 aromatic carbocycles. The number of thiocarbonyl (C=S) groups is 1. The van der Waals surface area contributed by atoms with Crippen molar-refractivity contribution in [3.63, 3.8) is 0 Å². The van der Waals surface area contributed by atoms with Crippen LogP contribution in [0.4, 0.5) is 5.82 Å². The third kappa shape index (κ3) is 2.95. The standard InChI is InChI=1S/C10H11N5O3S/c1-17-4-5-2-7(15-18-5)10(16)13-9-6(8(11)19)3-12-14-9/h2-3H,4H2,1H3,(H2,11,19)(H2,12,13,14,16). The third-order valence-electron chi connectivity index (χ3n) is 2.22. The maximum atomic E-state index is 11.9. The molecule has 0 aliphatic carbocycles. The number of aromatic amines is 1. The second kappa shape index (κ2) is 5.59. The number of anilines is 1. The number of aromatic nitrogens is 3. The predicted molar refractivity (Wildman–Crippen MR) is 69.6 cm³/mol. The fourth-order valence-corrected chi connectivity index (χ4v) is 1.53. The first-order chi connectivity index (χ1) is 9.11. The second-order valence-electron chi connectivity index (χ2n) is 3.59.